The Morgan fingerprint density at radius 2 is 1.87 bits per heavy atom. The van der Waals surface area contributed by atoms with Crippen LogP contribution in [0.5, 0.6) is 0 Å². The third-order valence-electron chi connectivity index (χ3n) is 4.08. The van der Waals surface area contributed by atoms with E-state index in [1.165, 1.54) is 6.42 Å². The Morgan fingerprint density at radius 1 is 1.33 bits per heavy atom. The largest absolute Gasteiger partial charge is 0.349 e. The van der Waals surface area contributed by atoms with E-state index in [0.717, 1.165) is 19.3 Å². The summed E-state index contributed by atoms with van der Waals surface area (Å²) in [7, 11) is 0. The van der Waals surface area contributed by atoms with Crippen LogP contribution in [0.1, 0.15) is 59.3 Å². The molecule has 0 bridgehead atoms. The first kappa shape index (κ1) is 12.5. The van der Waals surface area contributed by atoms with Gasteiger partial charge in [-0.2, -0.15) is 0 Å². The third kappa shape index (κ3) is 2.33. The second kappa shape index (κ2) is 4.52. The van der Waals surface area contributed by atoms with Crippen LogP contribution < -0.4 is 11.1 Å². The lowest BCUT2D eigenvalue weighted by Gasteiger charge is -2.44. The highest BCUT2D eigenvalue weighted by molar-refractivity contribution is 5.86. The van der Waals surface area contributed by atoms with E-state index >= 15 is 0 Å². The van der Waals surface area contributed by atoms with Gasteiger partial charge in [0.05, 0.1) is 5.54 Å². The second-order valence-corrected chi connectivity index (χ2v) is 4.80. The van der Waals surface area contributed by atoms with Gasteiger partial charge >= 0.3 is 0 Å². The van der Waals surface area contributed by atoms with Crippen molar-refractivity contribution >= 4 is 5.91 Å². The summed E-state index contributed by atoms with van der Waals surface area (Å²) in [5, 5.41) is 3.16. The Hall–Kier alpha value is -0.570. The molecule has 0 unspecified atom stereocenters. The predicted octanol–water partition coefficient (Wildman–Crippen LogP) is 1.95. The molecule has 0 radical (unpaired) electrons. The van der Waals surface area contributed by atoms with Gasteiger partial charge in [0, 0.05) is 5.54 Å². The number of hydrogen-bond donors (Lipinski definition) is 2. The van der Waals surface area contributed by atoms with Crippen molar-refractivity contribution in [3.63, 3.8) is 0 Å². The van der Waals surface area contributed by atoms with Crippen molar-refractivity contribution < 1.29 is 4.79 Å². The molecule has 0 heterocycles. The molecule has 1 aliphatic rings. The standard InChI is InChI=1S/C12H24N2O/c1-4-11(8-7-9-11)14-10(15)12(13,5-2)6-3/h4-9,13H2,1-3H3,(H,14,15). The fourth-order valence-electron chi connectivity index (χ4n) is 2.11. The molecule has 1 aliphatic carbocycles. The van der Waals surface area contributed by atoms with Gasteiger partial charge in [0.15, 0.2) is 0 Å². The van der Waals surface area contributed by atoms with Crippen LogP contribution in [0.4, 0.5) is 0 Å². The van der Waals surface area contributed by atoms with Crippen molar-refractivity contribution in [2.45, 2.75) is 70.4 Å². The highest BCUT2D eigenvalue weighted by atomic mass is 16.2. The molecule has 0 aromatic heterocycles. The predicted molar refractivity (Wildman–Crippen MR) is 62.5 cm³/mol. The summed E-state index contributed by atoms with van der Waals surface area (Å²) in [5.41, 5.74) is 5.46. The van der Waals surface area contributed by atoms with Crippen LogP contribution in [0, 0.1) is 0 Å². The Kier molecular flexibility index (Phi) is 3.77. The van der Waals surface area contributed by atoms with Crippen molar-refractivity contribution in [2.75, 3.05) is 0 Å². The van der Waals surface area contributed by atoms with Crippen molar-refractivity contribution in [1.29, 1.82) is 0 Å². The van der Waals surface area contributed by atoms with Gasteiger partial charge in [0.25, 0.3) is 0 Å². The molecule has 3 N–H and O–H groups in total. The maximum absolute atomic E-state index is 12.1. The molecule has 3 heteroatoms. The van der Waals surface area contributed by atoms with Crippen LogP contribution in [-0.2, 0) is 4.79 Å². The summed E-state index contributed by atoms with van der Waals surface area (Å²) >= 11 is 0. The summed E-state index contributed by atoms with van der Waals surface area (Å²) in [5.74, 6) is 0.0362. The van der Waals surface area contributed by atoms with Gasteiger partial charge in [-0.1, -0.05) is 20.8 Å². The maximum Gasteiger partial charge on any atom is 0.240 e. The molecule has 1 rings (SSSR count). The van der Waals surface area contributed by atoms with Crippen LogP contribution in [0.2, 0.25) is 0 Å². The van der Waals surface area contributed by atoms with Crippen LogP contribution in [0.3, 0.4) is 0 Å². The van der Waals surface area contributed by atoms with E-state index in [-0.39, 0.29) is 11.4 Å². The summed E-state index contributed by atoms with van der Waals surface area (Å²) in [4.78, 5) is 12.1. The number of rotatable bonds is 5. The van der Waals surface area contributed by atoms with Crippen molar-refractivity contribution in [1.82, 2.24) is 5.32 Å². The van der Waals surface area contributed by atoms with Crippen molar-refractivity contribution in [3.05, 3.63) is 0 Å². The van der Waals surface area contributed by atoms with E-state index in [0.29, 0.717) is 12.8 Å². The van der Waals surface area contributed by atoms with E-state index in [4.69, 9.17) is 5.73 Å². The van der Waals surface area contributed by atoms with Gasteiger partial charge in [-0.25, -0.2) is 0 Å². The summed E-state index contributed by atoms with van der Waals surface area (Å²) in [6, 6.07) is 0. The first-order chi connectivity index (χ1) is 7.02. The first-order valence-corrected chi connectivity index (χ1v) is 6.13. The van der Waals surface area contributed by atoms with Gasteiger partial charge in [0.1, 0.15) is 0 Å². The van der Waals surface area contributed by atoms with Crippen LogP contribution in [-0.4, -0.2) is 17.0 Å². The Balaban J connectivity index is 2.61. The molecule has 1 amide bonds. The topological polar surface area (TPSA) is 55.1 Å². The summed E-state index contributed by atoms with van der Waals surface area (Å²) in [6.07, 6.45) is 5.87. The number of carbonyl (C=O) groups excluding carboxylic acids is 1. The zero-order chi connectivity index (χ0) is 11.5. The van der Waals surface area contributed by atoms with E-state index in [9.17, 15) is 4.79 Å². The third-order valence-corrected chi connectivity index (χ3v) is 4.08. The highest BCUT2D eigenvalue weighted by Gasteiger charge is 2.40. The Bertz CT molecular complexity index is 224. The summed E-state index contributed by atoms with van der Waals surface area (Å²) < 4.78 is 0. The zero-order valence-electron chi connectivity index (χ0n) is 10.2. The van der Waals surface area contributed by atoms with E-state index in [1.807, 2.05) is 13.8 Å². The average Bonchev–Trinajstić information content (AvgIpc) is 2.21. The molecule has 0 saturated heterocycles. The van der Waals surface area contributed by atoms with Gasteiger partial charge < -0.3 is 11.1 Å². The molecule has 0 aromatic carbocycles. The maximum atomic E-state index is 12.1. The smallest absolute Gasteiger partial charge is 0.240 e. The number of nitrogens with one attached hydrogen (secondary N) is 1. The number of carbonyl (C=O) groups is 1. The fraction of sp³-hybridized carbons (Fsp3) is 0.917. The molecule has 1 fully saturated rings. The quantitative estimate of drug-likeness (QED) is 0.732. The molecule has 0 aliphatic heterocycles. The zero-order valence-corrected chi connectivity index (χ0v) is 10.2. The van der Waals surface area contributed by atoms with Gasteiger partial charge in [-0.15, -0.1) is 0 Å². The fourth-order valence-corrected chi connectivity index (χ4v) is 2.11. The minimum Gasteiger partial charge on any atom is -0.349 e. The molecule has 3 nitrogen and oxygen atoms in total. The van der Waals surface area contributed by atoms with E-state index < -0.39 is 5.54 Å². The first-order valence-electron chi connectivity index (χ1n) is 6.13. The minimum atomic E-state index is -0.669. The molecule has 0 atom stereocenters. The van der Waals surface area contributed by atoms with Gasteiger partial charge in [-0.3, -0.25) is 4.79 Å². The van der Waals surface area contributed by atoms with Gasteiger partial charge in [0.2, 0.25) is 5.91 Å². The minimum absolute atomic E-state index is 0.0362. The monoisotopic (exact) mass is 212 g/mol. The lowest BCUT2D eigenvalue weighted by molar-refractivity contribution is -0.129. The average molecular weight is 212 g/mol. The number of amides is 1. The Morgan fingerprint density at radius 3 is 2.13 bits per heavy atom. The van der Waals surface area contributed by atoms with Crippen molar-refractivity contribution in [2.24, 2.45) is 5.73 Å². The lowest BCUT2D eigenvalue weighted by atomic mass is 9.74. The number of nitrogens with two attached hydrogens (primary N) is 1. The summed E-state index contributed by atoms with van der Waals surface area (Å²) in [6.45, 7) is 6.08. The molecule has 88 valence electrons. The van der Waals surface area contributed by atoms with Crippen LogP contribution >= 0.6 is 0 Å². The normalized spacial score (nSPS) is 19.5. The van der Waals surface area contributed by atoms with Crippen LogP contribution in [0.15, 0.2) is 0 Å². The van der Waals surface area contributed by atoms with E-state index in [1.54, 1.807) is 0 Å². The van der Waals surface area contributed by atoms with Crippen LogP contribution in [0.25, 0.3) is 0 Å². The molecular formula is C12H24N2O. The SMILES string of the molecule is CCC1(NC(=O)C(N)(CC)CC)CCC1. The molecule has 1 saturated carbocycles. The molecule has 0 spiro atoms. The molecule has 15 heavy (non-hydrogen) atoms. The molecule has 0 aromatic rings. The van der Waals surface area contributed by atoms with E-state index in [2.05, 4.69) is 12.2 Å². The van der Waals surface area contributed by atoms with Crippen molar-refractivity contribution in [3.8, 4) is 0 Å². The number of hydrogen-bond acceptors (Lipinski definition) is 2. The highest BCUT2D eigenvalue weighted by Crippen LogP contribution is 2.35. The molecular weight excluding hydrogens is 188 g/mol. The van der Waals surface area contributed by atoms with Gasteiger partial charge in [-0.05, 0) is 38.5 Å². The Labute approximate surface area is 92.8 Å². The lowest BCUT2D eigenvalue weighted by Crippen LogP contribution is -2.62. The second-order valence-electron chi connectivity index (χ2n) is 4.80.